The van der Waals surface area contributed by atoms with Crippen molar-refractivity contribution in [1.82, 2.24) is 19.9 Å². The van der Waals surface area contributed by atoms with Crippen LogP contribution in [0.4, 0.5) is 33.8 Å². The molecule has 0 radical (unpaired) electrons. The van der Waals surface area contributed by atoms with Gasteiger partial charge in [0.1, 0.15) is 16.9 Å². The largest absolute Gasteiger partial charge is 0.491 e. The third-order valence-corrected chi connectivity index (χ3v) is 4.46. The maximum Gasteiger partial charge on any atom is 0.491 e. The number of alkyl halides is 3. The Morgan fingerprint density at radius 1 is 0.909 bits per heavy atom. The Labute approximate surface area is 181 Å². The van der Waals surface area contributed by atoms with Gasteiger partial charge in [0.05, 0.1) is 18.2 Å². The van der Waals surface area contributed by atoms with Gasteiger partial charge in [0.2, 0.25) is 17.8 Å². The number of aromatic nitrogens is 4. The molecule has 0 saturated heterocycles. The Morgan fingerprint density at radius 2 is 1.61 bits per heavy atom. The second kappa shape index (κ2) is 8.07. The van der Waals surface area contributed by atoms with Crippen molar-refractivity contribution in [1.29, 1.82) is 0 Å². The molecule has 13 heteroatoms. The third kappa shape index (κ3) is 4.16. The van der Waals surface area contributed by atoms with Crippen LogP contribution in [0.25, 0.3) is 21.8 Å². The number of methoxy groups -OCH3 is 1. The summed E-state index contributed by atoms with van der Waals surface area (Å²) in [4.78, 5) is 27.3. The zero-order valence-corrected chi connectivity index (χ0v) is 16.8. The number of hydrogen-bond donors (Lipinski definition) is 1. The molecule has 0 spiro atoms. The fourth-order valence-corrected chi connectivity index (χ4v) is 3.02. The Kier molecular flexibility index (Phi) is 5.39. The van der Waals surface area contributed by atoms with Crippen molar-refractivity contribution >= 4 is 39.7 Å². The number of rotatable bonds is 4. The highest BCUT2D eigenvalue weighted by Crippen LogP contribution is 2.31. The average molecular weight is 465 g/mol. The van der Waals surface area contributed by atoms with E-state index in [0.717, 1.165) is 6.07 Å². The zero-order valence-electron chi connectivity index (χ0n) is 16.8. The number of anilines is 2. The topological polar surface area (TPSA) is 99.1 Å². The molecule has 0 aliphatic rings. The summed E-state index contributed by atoms with van der Waals surface area (Å²) >= 11 is 0. The van der Waals surface area contributed by atoms with Gasteiger partial charge in [-0.15, -0.1) is 0 Å². The first-order chi connectivity index (χ1) is 15.6. The van der Waals surface area contributed by atoms with E-state index in [-0.39, 0.29) is 22.6 Å². The predicted molar refractivity (Wildman–Crippen MR) is 105 cm³/mol. The molecule has 0 fully saturated rings. The van der Waals surface area contributed by atoms with E-state index in [1.807, 2.05) is 0 Å². The molecular weight excluding hydrogens is 453 g/mol. The van der Waals surface area contributed by atoms with E-state index >= 15 is 0 Å². The van der Waals surface area contributed by atoms with Crippen LogP contribution in [0, 0.1) is 18.6 Å². The lowest BCUT2D eigenvalue weighted by atomic mass is 10.2. The van der Waals surface area contributed by atoms with Crippen LogP contribution in [0.15, 0.2) is 30.3 Å². The third-order valence-electron chi connectivity index (χ3n) is 4.46. The number of ether oxygens (including phenoxy) is 2. The predicted octanol–water partition coefficient (Wildman–Crippen LogP) is 4.38. The number of carbonyl (C=O) groups is 1. The van der Waals surface area contributed by atoms with Crippen molar-refractivity contribution in [2.75, 3.05) is 12.4 Å². The summed E-state index contributed by atoms with van der Waals surface area (Å²) in [5.74, 6) is -5.77. The van der Waals surface area contributed by atoms with Gasteiger partial charge < -0.3 is 9.47 Å². The minimum absolute atomic E-state index is 0.100. The zero-order chi connectivity index (χ0) is 23.9. The van der Waals surface area contributed by atoms with Crippen molar-refractivity contribution in [3.8, 4) is 11.6 Å². The Balaban J connectivity index is 1.83. The number of hydrogen-bond acceptors (Lipinski definition) is 8. The normalized spacial score (nSPS) is 11.6. The highest BCUT2D eigenvalue weighted by molar-refractivity contribution is 5.89. The van der Waals surface area contributed by atoms with Gasteiger partial charge in [-0.25, -0.2) is 28.5 Å². The summed E-state index contributed by atoms with van der Waals surface area (Å²) in [7, 11) is 1.25. The fraction of sp³-hybridized carbons (Fsp3) is 0.150. The molecule has 4 rings (SSSR count). The van der Waals surface area contributed by atoms with E-state index < -0.39 is 41.1 Å². The highest BCUT2D eigenvalue weighted by Gasteiger charge is 2.42. The first kappa shape index (κ1) is 22.0. The molecule has 170 valence electrons. The molecule has 0 aliphatic heterocycles. The Bertz CT molecular complexity index is 1410. The SMILES string of the molecule is COc1c(F)ccc2c(C)nc(Nc3nc(OC(=O)C(F)(F)F)c4cccc(F)c4n3)nc12. The van der Waals surface area contributed by atoms with Gasteiger partial charge in [-0.1, -0.05) is 6.07 Å². The molecule has 0 aliphatic carbocycles. The molecule has 33 heavy (non-hydrogen) atoms. The average Bonchev–Trinajstić information content (AvgIpc) is 2.73. The van der Waals surface area contributed by atoms with E-state index in [1.54, 1.807) is 6.92 Å². The summed E-state index contributed by atoms with van der Waals surface area (Å²) in [6.45, 7) is 1.60. The molecule has 2 heterocycles. The fourth-order valence-electron chi connectivity index (χ4n) is 3.02. The second-order valence-electron chi connectivity index (χ2n) is 6.61. The minimum atomic E-state index is -5.31. The Hall–Kier alpha value is -4.16. The molecule has 1 N–H and O–H groups in total. The van der Waals surface area contributed by atoms with Crippen molar-refractivity contribution < 1.29 is 36.2 Å². The number of halogens is 5. The van der Waals surface area contributed by atoms with Crippen molar-refractivity contribution in [3.05, 3.63) is 47.7 Å². The van der Waals surface area contributed by atoms with Crippen LogP contribution in [0.1, 0.15) is 5.69 Å². The van der Waals surface area contributed by atoms with Gasteiger partial charge in [-0.3, -0.25) is 5.32 Å². The molecular formula is C20H12F5N5O3. The number of aryl methyl sites for hydroxylation is 1. The molecule has 8 nitrogen and oxygen atoms in total. The Morgan fingerprint density at radius 3 is 2.30 bits per heavy atom. The molecule has 2 aromatic heterocycles. The molecule has 0 atom stereocenters. The van der Waals surface area contributed by atoms with Crippen LogP contribution < -0.4 is 14.8 Å². The van der Waals surface area contributed by atoms with Crippen molar-refractivity contribution in [2.24, 2.45) is 0 Å². The first-order valence-corrected chi connectivity index (χ1v) is 9.11. The second-order valence-corrected chi connectivity index (χ2v) is 6.61. The number of nitrogens with one attached hydrogen (secondary N) is 1. The van der Waals surface area contributed by atoms with Gasteiger partial charge >= 0.3 is 12.1 Å². The van der Waals surface area contributed by atoms with E-state index in [0.29, 0.717) is 11.1 Å². The maximum absolute atomic E-state index is 14.3. The molecule has 0 saturated carbocycles. The lowest BCUT2D eigenvalue weighted by Crippen LogP contribution is -2.28. The summed E-state index contributed by atoms with van der Waals surface area (Å²) in [5.41, 5.74) is 0.0841. The highest BCUT2D eigenvalue weighted by atomic mass is 19.4. The monoisotopic (exact) mass is 465 g/mol. The quantitative estimate of drug-likeness (QED) is 0.350. The van der Waals surface area contributed by atoms with Gasteiger partial charge in [-0.05, 0) is 31.2 Å². The molecule has 0 unspecified atom stereocenters. The standard InChI is InChI=1S/C20H12F5N5O3/c1-8-9-6-7-12(22)15(32-2)14(9)28-18(26-8)30-19-27-13-10(4-3-5-11(13)21)16(29-19)33-17(31)20(23,24)25/h3-7H,1-2H3,(H,26,27,28,29,30). The van der Waals surface area contributed by atoms with Crippen LogP contribution in [0.2, 0.25) is 0 Å². The first-order valence-electron chi connectivity index (χ1n) is 9.11. The molecule has 4 aromatic rings. The number of fused-ring (bicyclic) bond motifs is 2. The van der Waals surface area contributed by atoms with Crippen LogP contribution in [-0.2, 0) is 4.79 Å². The summed E-state index contributed by atoms with van der Waals surface area (Å²) in [6, 6.07) is 6.02. The number of para-hydroxylation sites is 1. The van der Waals surface area contributed by atoms with Gasteiger partial charge in [0.15, 0.2) is 11.6 Å². The summed E-state index contributed by atoms with van der Waals surface area (Å²) in [5, 5.41) is 2.73. The molecule has 0 amide bonds. The van der Waals surface area contributed by atoms with E-state index in [9.17, 15) is 26.7 Å². The van der Waals surface area contributed by atoms with E-state index in [1.165, 1.54) is 31.4 Å². The number of carbonyl (C=O) groups excluding carboxylic acids is 1. The van der Waals surface area contributed by atoms with Crippen LogP contribution >= 0.6 is 0 Å². The lowest BCUT2D eigenvalue weighted by molar-refractivity contribution is -0.189. The van der Waals surface area contributed by atoms with Gasteiger partial charge in [0, 0.05) is 5.39 Å². The van der Waals surface area contributed by atoms with Crippen molar-refractivity contribution in [2.45, 2.75) is 13.1 Å². The summed E-state index contributed by atoms with van der Waals surface area (Å²) in [6.07, 6.45) is -5.31. The molecule has 2 aromatic carbocycles. The van der Waals surface area contributed by atoms with Gasteiger partial charge in [0.25, 0.3) is 0 Å². The number of benzene rings is 2. The van der Waals surface area contributed by atoms with Crippen LogP contribution in [0.3, 0.4) is 0 Å². The molecule has 0 bridgehead atoms. The maximum atomic E-state index is 14.3. The number of nitrogens with zero attached hydrogens (tertiary/aromatic N) is 4. The number of esters is 1. The van der Waals surface area contributed by atoms with E-state index in [2.05, 4.69) is 30.0 Å². The smallest absolute Gasteiger partial charge is 0.491 e. The van der Waals surface area contributed by atoms with E-state index in [4.69, 9.17) is 4.74 Å². The van der Waals surface area contributed by atoms with Crippen molar-refractivity contribution in [3.63, 3.8) is 0 Å². The summed E-state index contributed by atoms with van der Waals surface area (Å²) < 4.78 is 75.8. The lowest BCUT2D eigenvalue weighted by Gasteiger charge is -2.12. The van der Waals surface area contributed by atoms with Gasteiger partial charge in [-0.2, -0.15) is 18.2 Å². The van der Waals surface area contributed by atoms with Crippen LogP contribution in [0.5, 0.6) is 11.6 Å². The van der Waals surface area contributed by atoms with Crippen LogP contribution in [-0.4, -0.2) is 39.2 Å². The minimum Gasteiger partial charge on any atom is -0.491 e.